The van der Waals surface area contributed by atoms with Crippen molar-refractivity contribution in [3.63, 3.8) is 0 Å². The van der Waals surface area contributed by atoms with Gasteiger partial charge in [0.05, 0.1) is 17.2 Å². The van der Waals surface area contributed by atoms with Crippen LogP contribution in [0.25, 0.3) is 0 Å². The van der Waals surface area contributed by atoms with Crippen molar-refractivity contribution in [1.82, 2.24) is 4.98 Å². The zero-order chi connectivity index (χ0) is 9.97. The predicted molar refractivity (Wildman–Crippen MR) is 57.4 cm³/mol. The third kappa shape index (κ3) is 2.32. The highest BCUT2D eigenvalue weighted by Crippen LogP contribution is 2.22. The van der Waals surface area contributed by atoms with E-state index in [1.807, 2.05) is 11.6 Å². The van der Waals surface area contributed by atoms with Crippen LogP contribution in [-0.2, 0) is 11.2 Å². The second-order valence-electron chi connectivity index (χ2n) is 3.86. The van der Waals surface area contributed by atoms with Gasteiger partial charge in [0.15, 0.2) is 0 Å². The number of hydrogen-bond acceptors (Lipinski definition) is 4. The van der Waals surface area contributed by atoms with Gasteiger partial charge in [0.25, 0.3) is 0 Å². The summed E-state index contributed by atoms with van der Waals surface area (Å²) in [5.74, 6) is 0. The van der Waals surface area contributed by atoms with Crippen LogP contribution in [0.1, 0.15) is 24.8 Å². The maximum atomic E-state index is 6.07. The molecule has 0 aliphatic carbocycles. The lowest BCUT2D eigenvalue weighted by Crippen LogP contribution is -2.36. The molecule has 14 heavy (non-hydrogen) atoms. The molecular formula is C10H16N2OS. The Hall–Kier alpha value is -0.450. The summed E-state index contributed by atoms with van der Waals surface area (Å²) in [6, 6.07) is 0.103. The molecule has 0 spiro atoms. The number of nitrogens with two attached hydrogens (primary N) is 1. The molecule has 1 aliphatic rings. The van der Waals surface area contributed by atoms with Crippen LogP contribution >= 0.6 is 11.3 Å². The van der Waals surface area contributed by atoms with Crippen molar-refractivity contribution < 1.29 is 4.74 Å². The van der Waals surface area contributed by atoms with E-state index in [-0.39, 0.29) is 12.1 Å². The molecule has 1 aliphatic heterocycles. The van der Waals surface area contributed by atoms with Crippen LogP contribution in [0.4, 0.5) is 0 Å². The summed E-state index contributed by atoms with van der Waals surface area (Å²) in [5, 5.41) is 3.10. The van der Waals surface area contributed by atoms with Crippen molar-refractivity contribution in [1.29, 1.82) is 0 Å². The van der Waals surface area contributed by atoms with Crippen molar-refractivity contribution in [2.45, 2.75) is 44.4 Å². The normalized spacial score (nSPS) is 29.3. The first-order chi connectivity index (χ1) is 6.75. The number of ether oxygens (including phenoxy) is 1. The molecule has 78 valence electrons. The molecule has 1 saturated heterocycles. The molecule has 0 radical (unpaired) electrons. The smallest absolute Gasteiger partial charge is 0.0941 e. The Labute approximate surface area is 88.3 Å². The van der Waals surface area contributed by atoms with Gasteiger partial charge in [-0.25, -0.2) is 4.98 Å². The van der Waals surface area contributed by atoms with Crippen LogP contribution in [0.5, 0.6) is 0 Å². The van der Waals surface area contributed by atoms with Gasteiger partial charge < -0.3 is 10.5 Å². The lowest BCUT2D eigenvalue weighted by atomic mass is 10.1. The average molecular weight is 212 g/mol. The number of thiazole rings is 1. The molecule has 0 bridgehead atoms. The lowest BCUT2D eigenvalue weighted by Gasteiger charge is -2.18. The van der Waals surface area contributed by atoms with Gasteiger partial charge in [-0.15, -0.1) is 11.3 Å². The first kappa shape index (κ1) is 10.1. The topological polar surface area (TPSA) is 48.1 Å². The van der Waals surface area contributed by atoms with E-state index in [0.29, 0.717) is 6.10 Å². The largest absolute Gasteiger partial charge is 0.374 e. The standard InChI is InChI=1S/C10H16N2OS/c1-7-2-3-9(13-7)8(11)6-10-12-4-5-14-10/h4-5,7-9H,2-3,6,11H2,1H3. The van der Waals surface area contributed by atoms with Gasteiger partial charge in [0, 0.05) is 24.0 Å². The Morgan fingerprint density at radius 2 is 2.57 bits per heavy atom. The van der Waals surface area contributed by atoms with E-state index in [1.165, 1.54) is 0 Å². The monoisotopic (exact) mass is 212 g/mol. The van der Waals surface area contributed by atoms with E-state index in [4.69, 9.17) is 10.5 Å². The molecule has 3 atom stereocenters. The summed E-state index contributed by atoms with van der Waals surface area (Å²) in [6.07, 6.45) is 5.50. The zero-order valence-corrected chi connectivity index (χ0v) is 9.17. The second-order valence-corrected chi connectivity index (χ2v) is 4.84. The number of nitrogens with zero attached hydrogens (tertiary/aromatic N) is 1. The lowest BCUT2D eigenvalue weighted by molar-refractivity contribution is 0.0404. The van der Waals surface area contributed by atoms with E-state index in [1.54, 1.807) is 11.3 Å². The number of hydrogen-bond donors (Lipinski definition) is 1. The molecule has 1 fully saturated rings. The summed E-state index contributed by atoms with van der Waals surface area (Å²) in [5.41, 5.74) is 6.07. The van der Waals surface area contributed by atoms with Crippen LogP contribution in [0.2, 0.25) is 0 Å². The summed E-state index contributed by atoms with van der Waals surface area (Å²) in [6.45, 7) is 2.11. The van der Waals surface area contributed by atoms with Crippen LogP contribution in [-0.4, -0.2) is 23.2 Å². The van der Waals surface area contributed by atoms with Crippen molar-refractivity contribution in [2.75, 3.05) is 0 Å². The van der Waals surface area contributed by atoms with Crippen molar-refractivity contribution >= 4 is 11.3 Å². The molecule has 0 amide bonds. The van der Waals surface area contributed by atoms with E-state index >= 15 is 0 Å². The zero-order valence-electron chi connectivity index (χ0n) is 8.35. The second kappa shape index (κ2) is 4.38. The van der Waals surface area contributed by atoms with Crippen LogP contribution in [0.15, 0.2) is 11.6 Å². The molecule has 0 aromatic carbocycles. The fourth-order valence-electron chi connectivity index (χ4n) is 1.84. The molecule has 1 aromatic heterocycles. The minimum atomic E-state index is 0.103. The summed E-state index contributed by atoms with van der Waals surface area (Å²) in [7, 11) is 0. The average Bonchev–Trinajstić information content (AvgIpc) is 2.75. The van der Waals surface area contributed by atoms with E-state index < -0.39 is 0 Å². The van der Waals surface area contributed by atoms with Crippen LogP contribution in [0.3, 0.4) is 0 Å². The predicted octanol–water partition coefficient (Wildman–Crippen LogP) is 1.58. The maximum absolute atomic E-state index is 6.07. The SMILES string of the molecule is CC1CCC(C(N)Cc2nccs2)O1. The Morgan fingerprint density at radius 3 is 3.14 bits per heavy atom. The molecular weight excluding hydrogens is 196 g/mol. The first-order valence-electron chi connectivity index (χ1n) is 5.05. The molecule has 2 heterocycles. The van der Waals surface area contributed by atoms with Crippen molar-refractivity contribution in [2.24, 2.45) is 5.73 Å². The summed E-state index contributed by atoms with van der Waals surface area (Å²) in [4.78, 5) is 4.23. The fourth-order valence-corrected chi connectivity index (χ4v) is 2.52. The van der Waals surface area contributed by atoms with Gasteiger partial charge >= 0.3 is 0 Å². The maximum Gasteiger partial charge on any atom is 0.0941 e. The third-order valence-corrected chi connectivity index (χ3v) is 3.44. The van der Waals surface area contributed by atoms with Gasteiger partial charge in [-0.1, -0.05) is 0 Å². The molecule has 4 heteroatoms. The van der Waals surface area contributed by atoms with Crippen molar-refractivity contribution in [3.8, 4) is 0 Å². The molecule has 2 rings (SSSR count). The molecule has 3 unspecified atom stereocenters. The van der Waals surface area contributed by atoms with Crippen molar-refractivity contribution in [3.05, 3.63) is 16.6 Å². The molecule has 1 aromatic rings. The number of aromatic nitrogens is 1. The minimum Gasteiger partial charge on any atom is -0.374 e. The van der Waals surface area contributed by atoms with E-state index in [2.05, 4.69) is 11.9 Å². The molecule has 3 nitrogen and oxygen atoms in total. The molecule has 2 N–H and O–H groups in total. The fraction of sp³-hybridized carbons (Fsp3) is 0.700. The minimum absolute atomic E-state index is 0.103. The van der Waals surface area contributed by atoms with E-state index in [9.17, 15) is 0 Å². The highest BCUT2D eigenvalue weighted by Gasteiger charge is 2.27. The van der Waals surface area contributed by atoms with Gasteiger partial charge in [0.2, 0.25) is 0 Å². The van der Waals surface area contributed by atoms with E-state index in [0.717, 1.165) is 24.3 Å². The van der Waals surface area contributed by atoms with Gasteiger partial charge in [-0.3, -0.25) is 0 Å². The Balaban J connectivity index is 1.87. The molecule has 0 saturated carbocycles. The summed E-state index contributed by atoms with van der Waals surface area (Å²) < 4.78 is 5.72. The first-order valence-corrected chi connectivity index (χ1v) is 5.93. The van der Waals surface area contributed by atoms with Crippen LogP contribution in [0, 0.1) is 0 Å². The van der Waals surface area contributed by atoms with Gasteiger partial charge in [-0.05, 0) is 19.8 Å². The highest BCUT2D eigenvalue weighted by molar-refractivity contribution is 7.09. The Bertz CT molecular complexity index is 276. The van der Waals surface area contributed by atoms with Gasteiger partial charge in [0.1, 0.15) is 0 Å². The quantitative estimate of drug-likeness (QED) is 0.827. The van der Waals surface area contributed by atoms with Gasteiger partial charge in [-0.2, -0.15) is 0 Å². The number of rotatable bonds is 3. The Morgan fingerprint density at radius 1 is 1.71 bits per heavy atom. The Kier molecular flexibility index (Phi) is 3.15. The van der Waals surface area contributed by atoms with Crippen LogP contribution < -0.4 is 5.73 Å². The highest BCUT2D eigenvalue weighted by atomic mass is 32.1. The third-order valence-electron chi connectivity index (χ3n) is 2.64. The summed E-state index contributed by atoms with van der Waals surface area (Å²) >= 11 is 1.66.